The number of urea groups is 1. The second-order valence-electron chi connectivity index (χ2n) is 8.14. The minimum absolute atomic E-state index is 0.157. The topological polar surface area (TPSA) is 79.0 Å². The van der Waals surface area contributed by atoms with E-state index in [-0.39, 0.29) is 17.9 Å². The van der Waals surface area contributed by atoms with E-state index in [0.29, 0.717) is 35.7 Å². The molecule has 1 atom stereocenters. The fourth-order valence-corrected chi connectivity index (χ4v) is 3.95. The normalized spacial score (nSPS) is 18.0. The smallest absolute Gasteiger partial charge is 0.338 e. The molecule has 0 fully saturated rings. The number of carbonyl (C=O) groups excluding carboxylic acids is 3. The highest BCUT2D eigenvalue weighted by Gasteiger charge is 2.43. The first-order chi connectivity index (χ1) is 15.4. The molecule has 2 heterocycles. The van der Waals surface area contributed by atoms with Crippen LogP contribution in [-0.2, 0) is 9.53 Å². The molecule has 0 aromatic heterocycles. The molecule has 0 bridgehead atoms. The first kappa shape index (κ1) is 21.6. The van der Waals surface area contributed by atoms with Crippen molar-refractivity contribution in [3.63, 3.8) is 0 Å². The number of rotatable bonds is 6. The number of carbonyl (C=O) groups is 3. The van der Waals surface area contributed by atoms with Gasteiger partial charge in [0.05, 0.1) is 36.0 Å². The molecule has 4 rings (SSSR count). The van der Waals surface area contributed by atoms with Crippen LogP contribution in [0, 0.1) is 6.92 Å². The molecule has 0 spiro atoms. The minimum atomic E-state index is -0.500. The molecule has 1 unspecified atom stereocenters. The zero-order valence-corrected chi connectivity index (χ0v) is 18.6. The summed E-state index contributed by atoms with van der Waals surface area (Å²) in [7, 11) is 1.67. The van der Waals surface area contributed by atoms with Gasteiger partial charge in [0.15, 0.2) is 0 Å². The van der Waals surface area contributed by atoms with Crippen LogP contribution in [0.3, 0.4) is 0 Å². The lowest BCUT2D eigenvalue weighted by Crippen LogP contribution is -2.45. The first-order valence-electron chi connectivity index (χ1n) is 10.8. The fourth-order valence-electron chi connectivity index (χ4n) is 3.95. The molecule has 2 aromatic carbocycles. The van der Waals surface area contributed by atoms with Crippen molar-refractivity contribution in [3.05, 3.63) is 76.5 Å². The third-order valence-corrected chi connectivity index (χ3v) is 5.92. The summed E-state index contributed by atoms with van der Waals surface area (Å²) in [4.78, 5) is 41.3. The van der Waals surface area contributed by atoms with Crippen molar-refractivity contribution in [1.82, 2.24) is 10.2 Å². The Bertz CT molecular complexity index is 1070. The molecule has 0 aliphatic carbocycles. The molecule has 3 amide bonds. The highest BCUT2D eigenvalue weighted by Crippen LogP contribution is 2.37. The molecule has 7 nitrogen and oxygen atoms in total. The van der Waals surface area contributed by atoms with Gasteiger partial charge in [0, 0.05) is 12.7 Å². The zero-order chi connectivity index (χ0) is 22.8. The summed E-state index contributed by atoms with van der Waals surface area (Å²) in [6.45, 7) is 4.72. The van der Waals surface area contributed by atoms with E-state index in [1.807, 2.05) is 38.1 Å². The first-order valence-corrected chi connectivity index (χ1v) is 10.8. The van der Waals surface area contributed by atoms with E-state index in [1.165, 1.54) is 4.90 Å². The molecule has 32 heavy (non-hydrogen) atoms. The van der Waals surface area contributed by atoms with Crippen LogP contribution in [-0.4, -0.2) is 43.0 Å². The molecule has 0 saturated carbocycles. The predicted octanol–water partition coefficient (Wildman–Crippen LogP) is 3.95. The standard InChI is InChI=1S/C25H27N3O4/c1-4-5-14-32-24(30)18-10-12-19(13-11-18)28-15-20-21(23(28)29)22(26-25(31)27(20)3)17-8-6-16(2)7-9-17/h6-13,22H,4-5,14-15H2,1-3H3,(H,26,31). The van der Waals surface area contributed by atoms with Gasteiger partial charge in [-0.1, -0.05) is 43.2 Å². The van der Waals surface area contributed by atoms with E-state index in [9.17, 15) is 14.4 Å². The Morgan fingerprint density at radius 3 is 2.44 bits per heavy atom. The molecule has 2 aliphatic rings. The van der Waals surface area contributed by atoms with E-state index in [1.54, 1.807) is 36.2 Å². The van der Waals surface area contributed by atoms with E-state index in [4.69, 9.17) is 4.74 Å². The fraction of sp³-hybridized carbons (Fsp3) is 0.320. The lowest BCUT2D eigenvalue weighted by Gasteiger charge is -2.31. The van der Waals surface area contributed by atoms with Gasteiger partial charge in [0.1, 0.15) is 0 Å². The van der Waals surface area contributed by atoms with Crippen molar-refractivity contribution in [2.45, 2.75) is 32.7 Å². The Balaban J connectivity index is 1.58. The number of unbranched alkanes of at least 4 members (excludes halogenated alkanes) is 1. The van der Waals surface area contributed by atoms with Gasteiger partial charge in [-0.3, -0.25) is 9.69 Å². The second-order valence-corrected chi connectivity index (χ2v) is 8.14. The maximum Gasteiger partial charge on any atom is 0.338 e. The Kier molecular flexibility index (Phi) is 5.99. The van der Waals surface area contributed by atoms with Crippen LogP contribution in [0.4, 0.5) is 10.5 Å². The van der Waals surface area contributed by atoms with Gasteiger partial charge in [0.2, 0.25) is 0 Å². The lowest BCUT2D eigenvalue weighted by atomic mass is 9.95. The van der Waals surface area contributed by atoms with Gasteiger partial charge in [-0.05, 0) is 43.2 Å². The average molecular weight is 434 g/mol. The number of esters is 1. The number of aryl methyl sites for hydroxylation is 1. The van der Waals surface area contributed by atoms with Crippen LogP contribution in [0.15, 0.2) is 59.8 Å². The SMILES string of the molecule is CCCCOC(=O)c1ccc(N2CC3=C(C2=O)C(c2ccc(C)cc2)NC(=O)N3C)cc1. The molecular formula is C25H27N3O4. The average Bonchev–Trinajstić information content (AvgIpc) is 3.14. The van der Waals surface area contributed by atoms with Crippen molar-refractivity contribution in [2.24, 2.45) is 0 Å². The molecule has 2 aromatic rings. The third-order valence-electron chi connectivity index (χ3n) is 5.92. The number of anilines is 1. The van der Waals surface area contributed by atoms with Crippen LogP contribution in [0.25, 0.3) is 0 Å². The Morgan fingerprint density at radius 1 is 1.09 bits per heavy atom. The molecule has 2 aliphatic heterocycles. The largest absolute Gasteiger partial charge is 0.462 e. The van der Waals surface area contributed by atoms with Crippen LogP contribution >= 0.6 is 0 Å². The van der Waals surface area contributed by atoms with Crippen LogP contribution in [0.2, 0.25) is 0 Å². The van der Waals surface area contributed by atoms with Gasteiger partial charge < -0.3 is 15.0 Å². The number of hydrogen-bond acceptors (Lipinski definition) is 4. The Morgan fingerprint density at radius 2 is 1.78 bits per heavy atom. The van der Waals surface area contributed by atoms with Crippen LogP contribution < -0.4 is 10.2 Å². The molecule has 7 heteroatoms. The maximum absolute atomic E-state index is 13.4. The zero-order valence-electron chi connectivity index (χ0n) is 18.6. The van der Waals surface area contributed by atoms with Crippen molar-refractivity contribution < 1.29 is 19.1 Å². The highest BCUT2D eigenvalue weighted by molar-refractivity contribution is 6.11. The predicted molar refractivity (Wildman–Crippen MR) is 121 cm³/mol. The van der Waals surface area contributed by atoms with Gasteiger partial charge in [-0.15, -0.1) is 0 Å². The number of amides is 3. The monoisotopic (exact) mass is 433 g/mol. The third kappa shape index (κ3) is 3.98. The summed E-state index contributed by atoms with van der Waals surface area (Å²) in [5.41, 5.74) is 4.34. The van der Waals surface area contributed by atoms with Crippen molar-refractivity contribution in [3.8, 4) is 0 Å². The Labute approximate surface area is 187 Å². The summed E-state index contributed by atoms with van der Waals surface area (Å²) in [6, 6.07) is 13.9. The summed E-state index contributed by atoms with van der Waals surface area (Å²) < 4.78 is 5.25. The summed E-state index contributed by atoms with van der Waals surface area (Å²) >= 11 is 0. The second kappa shape index (κ2) is 8.86. The van der Waals surface area contributed by atoms with E-state index in [2.05, 4.69) is 5.32 Å². The Hall–Kier alpha value is -3.61. The van der Waals surface area contributed by atoms with E-state index in [0.717, 1.165) is 24.0 Å². The summed E-state index contributed by atoms with van der Waals surface area (Å²) in [5.74, 6) is -0.528. The number of nitrogens with zero attached hydrogens (tertiary/aromatic N) is 2. The molecule has 0 saturated heterocycles. The molecule has 0 radical (unpaired) electrons. The number of benzene rings is 2. The van der Waals surface area contributed by atoms with Crippen molar-refractivity contribution >= 4 is 23.6 Å². The number of hydrogen-bond donors (Lipinski definition) is 1. The van der Waals surface area contributed by atoms with E-state index < -0.39 is 6.04 Å². The lowest BCUT2D eigenvalue weighted by molar-refractivity contribution is -0.114. The van der Waals surface area contributed by atoms with Gasteiger partial charge in [-0.25, -0.2) is 9.59 Å². The molecular weight excluding hydrogens is 406 g/mol. The minimum Gasteiger partial charge on any atom is -0.462 e. The van der Waals surface area contributed by atoms with Crippen molar-refractivity contribution in [2.75, 3.05) is 25.1 Å². The number of likely N-dealkylation sites (N-methyl/N-ethyl adjacent to an activating group) is 1. The molecule has 166 valence electrons. The van der Waals surface area contributed by atoms with Crippen LogP contribution in [0.5, 0.6) is 0 Å². The number of ether oxygens (including phenoxy) is 1. The maximum atomic E-state index is 13.4. The summed E-state index contributed by atoms with van der Waals surface area (Å²) in [6.07, 6.45) is 1.78. The quantitative estimate of drug-likeness (QED) is 0.553. The van der Waals surface area contributed by atoms with Gasteiger partial charge in [0.25, 0.3) is 5.91 Å². The van der Waals surface area contributed by atoms with Crippen LogP contribution in [0.1, 0.15) is 47.3 Å². The van der Waals surface area contributed by atoms with Gasteiger partial charge >= 0.3 is 12.0 Å². The molecule has 1 N–H and O–H groups in total. The summed E-state index contributed by atoms with van der Waals surface area (Å²) in [5, 5.41) is 2.94. The number of nitrogens with one attached hydrogen (secondary N) is 1. The highest BCUT2D eigenvalue weighted by atomic mass is 16.5. The van der Waals surface area contributed by atoms with Crippen molar-refractivity contribution in [1.29, 1.82) is 0 Å². The van der Waals surface area contributed by atoms with E-state index >= 15 is 0 Å². The van der Waals surface area contributed by atoms with Gasteiger partial charge in [-0.2, -0.15) is 0 Å².